The fourth-order valence-electron chi connectivity index (χ4n) is 1.26. The highest BCUT2D eigenvalue weighted by Crippen LogP contribution is 2.35. The highest BCUT2D eigenvalue weighted by Gasteiger charge is 2.35. The number of ether oxygens (including phenoxy) is 2. The quantitative estimate of drug-likeness (QED) is 0.783. The van der Waals surface area contributed by atoms with Crippen LogP contribution in [0.25, 0.3) is 0 Å². The highest BCUT2D eigenvalue weighted by atomic mass is 32.1. The largest absolute Gasteiger partial charge is 0.365 e. The second-order valence-corrected chi connectivity index (χ2v) is 3.95. The SMILES string of the molecule is CNc1ncc(C2(C)OCCO2)s1. The molecule has 1 fully saturated rings. The number of thiazole rings is 1. The van der Waals surface area contributed by atoms with Gasteiger partial charge in [0.1, 0.15) is 0 Å². The van der Waals surface area contributed by atoms with E-state index in [2.05, 4.69) is 10.3 Å². The molecule has 0 bridgehead atoms. The van der Waals surface area contributed by atoms with Gasteiger partial charge < -0.3 is 14.8 Å². The Morgan fingerprint density at radius 1 is 1.54 bits per heavy atom. The van der Waals surface area contributed by atoms with Crippen molar-refractivity contribution in [2.24, 2.45) is 0 Å². The first-order chi connectivity index (χ1) is 6.24. The van der Waals surface area contributed by atoms with Crippen LogP contribution in [0.2, 0.25) is 0 Å². The number of rotatable bonds is 2. The Morgan fingerprint density at radius 2 is 2.23 bits per heavy atom. The summed E-state index contributed by atoms with van der Waals surface area (Å²) >= 11 is 1.56. The van der Waals surface area contributed by atoms with Crippen LogP contribution in [0.5, 0.6) is 0 Å². The molecule has 0 atom stereocenters. The Morgan fingerprint density at radius 3 is 2.77 bits per heavy atom. The molecule has 0 unspecified atom stereocenters. The van der Waals surface area contributed by atoms with Gasteiger partial charge in [0.25, 0.3) is 0 Å². The molecule has 1 aliphatic rings. The van der Waals surface area contributed by atoms with Crippen molar-refractivity contribution in [2.45, 2.75) is 12.7 Å². The molecule has 2 rings (SSSR count). The molecule has 0 aromatic carbocycles. The van der Waals surface area contributed by atoms with Gasteiger partial charge in [0, 0.05) is 13.2 Å². The zero-order chi connectivity index (χ0) is 9.31. The Hall–Kier alpha value is -0.650. The van der Waals surface area contributed by atoms with E-state index in [0.29, 0.717) is 13.2 Å². The fraction of sp³-hybridized carbons (Fsp3) is 0.625. The van der Waals surface area contributed by atoms with Crippen LogP contribution in [0.1, 0.15) is 11.8 Å². The van der Waals surface area contributed by atoms with E-state index in [4.69, 9.17) is 9.47 Å². The third-order valence-electron chi connectivity index (χ3n) is 2.01. The maximum absolute atomic E-state index is 5.50. The Balaban J connectivity index is 2.23. The molecule has 1 N–H and O–H groups in total. The van der Waals surface area contributed by atoms with Crippen molar-refractivity contribution in [3.05, 3.63) is 11.1 Å². The van der Waals surface area contributed by atoms with Gasteiger partial charge >= 0.3 is 0 Å². The topological polar surface area (TPSA) is 43.4 Å². The number of hydrogen-bond acceptors (Lipinski definition) is 5. The summed E-state index contributed by atoms with van der Waals surface area (Å²) in [4.78, 5) is 5.18. The maximum atomic E-state index is 5.50. The van der Waals surface area contributed by atoms with Crippen molar-refractivity contribution < 1.29 is 9.47 Å². The van der Waals surface area contributed by atoms with E-state index in [1.165, 1.54) is 0 Å². The molecule has 4 nitrogen and oxygen atoms in total. The third-order valence-corrected chi connectivity index (χ3v) is 3.20. The second-order valence-electron chi connectivity index (χ2n) is 2.92. The molecule has 0 saturated carbocycles. The van der Waals surface area contributed by atoms with Gasteiger partial charge in [-0.25, -0.2) is 4.98 Å². The zero-order valence-corrected chi connectivity index (χ0v) is 8.48. The van der Waals surface area contributed by atoms with E-state index in [-0.39, 0.29) is 0 Å². The minimum Gasteiger partial charge on any atom is -0.365 e. The van der Waals surface area contributed by atoms with Gasteiger partial charge in [-0.1, -0.05) is 11.3 Å². The lowest BCUT2D eigenvalue weighted by atomic mass is 10.3. The molecule has 1 aromatic heterocycles. The lowest BCUT2D eigenvalue weighted by Gasteiger charge is -2.19. The van der Waals surface area contributed by atoms with Crippen LogP contribution in [0.15, 0.2) is 6.20 Å². The molecule has 1 aromatic rings. The minimum atomic E-state index is -0.577. The van der Waals surface area contributed by atoms with Crippen molar-refractivity contribution in [3.63, 3.8) is 0 Å². The van der Waals surface area contributed by atoms with Crippen LogP contribution in [0.3, 0.4) is 0 Å². The third kappa shape index (κ3) is 1.54. The molecule has 1 saturated heterocycles. The average molecular weight is 200 g/mol. The summed E-state index contributed by atoms with van der Waals surface area (Å²) in [7, 11) is 1.85. The molecule has 0 spiro atoms. The molecule has 0 amide bonds. The van der Waals surface area contributed by atoms with Gasteiger partial charge in [-0.05, 0) is 6.92 Å². The molecule has 13 heavy (non-hydrogen) atoms. The van der Waals surface area contributed by atoms with Crippen LogP contribution in [0, 0.1) is 0 Å². The number of hydrogen-bond donors (Lipinski definition) is 1. The first-order valence-corrected chi connectivity index (χ1v) is 4.98. The van der Waals surface area contributed by atoms with Crippen molar-refractivity contribution in [2.75, 3.05) is 25.6 Å². The van der Waals surface area contributed by atoms with Gasteiger partial charge in [0.15, 0.2) is 5.13 Å². The van der Waals surface area contributed by atoms with Gasteiger partial charge in [-0.2, -0.15) is 0 Å². The van der Waals surface area contributed by atoms with Crippen LogP contribution in [0.4, 0.5) is 5.13 Å². The van der Waals surface area contributed by atoms with Gasteiger partial charge in [-0.15, -0.1) is 0 Å². The number of nitrogens with one attached hydrogen (secondary N) is 1. The number of aromatic nitrogens is 1. The van der Waals surface area contributed by atoms with E-state index in [0.717, 1.165) is 10.0 Å². The standard InChI is InChI=1S/C8H12N2O2S/c1-8(11-3-4-12-8)6-5-10-7(9-2)13-6/h5H,3-4H2,1-2H3,(H,9,10). The first-order valence-electron chi connectivity index (χ1n) is 4.16. The van der Waals surface area contributed by atoms with Crippen LogP contribution < -0.4 is 5.32 Å². The van der Waals surface area contributed by atoms with E-state index in [9.17, 15) is 0 Å². The van der Waals surface area contributed by atoms with Crippen molar-refractivity contribution in [3.8, 4) is 0 Å². The van der Waals surface area contributed by atoms with Gasteiger partial charge in [-0.3, -0.25) is 0 Å². The lowest BCUT2D eigenvalue weighted by Crippen LogP contribution is -2.20. The second kappa shape index (κ2) is 3.25. The summed E-state index contributed by atoms with van der Waals surface area (Å²) in [6.45, 7) is 3.24. The van der Waals surface area contributed by atoms with E-state index < -0.39 is 5.79 Å². The Kier molecular flexibility index (Phi) is 2.23. The molecule has 0 aliphatic carbocycles. The summed E-state index contributed by atoms with van der Waals surface area (Å²) in [6, 6.07) is 0. The van der Waals surface area contributed by atoms with E-state index in [1.54, 1.807) is 17.5 Å². The van der Waals surface area contributed by atoms with Crippen LogP contribution in [-0.4, -0.2) is 25.2 Å². The summed E-state index contributed by atoms with van der Waals surface area (Å²) < 4.78 is 11.0. The maximum Gasteiger partial charge on any atom is 0.203 e. The van der Waals surface area contributed by atoms with Crippen molar-refractivity contribution >= 4 is 16.5 Å². The fourth-order valence-corrected chi connectivity index (χ4v) is 2.08. The van der Waals surface area contributed by atoms with Crippen molar-refractivity contribution in [1.29, 1.82) is 0 Å². The number of anilines is 1. The molecule has 0 radical (unpaired) electrons. The number of nitrogens with zero attached hydrogens (tertiary/aromatic N) is 1. The summed E-state index contributed by atoms with van der Waals surface area (Å²) in [5.41, 5.74) is 0. The van der Waals surface area contributed by atoms with Gasteiger partial charge in [0.2, 0.25) is 5.79 Å². The van der Waals surface area contributed by atoms with Crippen LogP contribution in [-0.2, 0) is 15.3 Å². The first kappa shape index (κ1) is 8.93. The predicted molar refractivity (Wildman–Crippen MR) is 50.9 cm³/mol. The molecular formula is C8H12N2O2S. The van der Waals surface area contributed by atoms with Gasteiger partial charge in [0.05, 0.1) is 18.1 Å². The molecule has 5 heteroatoms. The molecular weight excluding hydrogens is 188 g/mol. The Labute approximate surface area is 80.9 Å². The normalized spacial score (nSPS) is 20.5. The van der Waals surface area contributed by atoms with E-state index >= 15 is 0 Å². The lowest BCUT2D eigenvalue weighted by molar-refractivity contribution is -0.147. The van der Waals surface area contributed by atoms with Crippen molar-refractivity contribution in [1.82, 2.24) is 4.98 Å². The monoisotopic (exact) mass is 200 g/mol. The highest BCUT2D eigenvalue weighted by molar-refractivity contribution is 7.15. The minimum absolute atomic E-state index is 0.577. The molecule has 2 heterocycles. The Bertz CT molecular complexity index is 294. The average Bonchev–Trinajstić information content (AvgIpc) is 2.72. The predicted octanol–water partition coefficient (Wildman–Crippen LogP) is 1.40. The van der Waals surface area contributed by atoms with E-state index in [1.807, 2.05) is 14.0 Å². The summed E-state index contributed by atoms with van der Waals surface area (Å²) in [6.07, 6.45) is 1.79. The van der Waals surface area contributed by atoms with Crippen LogP contribution >= 0.6 is 11.3 Å². The molecule has 72 valence electrons. The molecule has 1 aliphatic heterocycles. The summed E-state index contributed by atoms with van der Waals surface area (Å²) in [5, 5.41) is 3.87. The zero-order valence-electron chi connectivity index (χ0n) is 7.66. The summed E-state index contributed by atoms with van der Waals surface area (Å²) in [5.74, 6) is -0.577. The smallest absolute Gasteiger partial charge is 0.203 e.